The minimum atomic E-state index is -3.98. The number of hydrogen-bond acceptors (Lipinski definition) is 21. The van der Waals surface area contributed by atoms with E-state index in [0.717, 1.165) is 70.5 Å². The van der Waals surface area contributed by atoms with Gasteiger partial charge in [0.1, 0.15) is 35.2 Å². The summed E-state index contributed by atoms with van der Waals surface area (Å²) in [6, 6.07) is 58.3. The molecule has 0 radical (unpaired) electrons. The van der Waals surface area contributed by atoms with Crippen molar-refractivity contribution in [3.63, 3.8) is 0 Å². The maximum atomic E-state index is 13.2. The molecular weight excluding hydrogens is 1630 g/mol. The first-order valence-corrected chi connectivity index (χ1v) is 37.5. The molecular formula is C77H65Cl2IN20O6S2Zn. The number of carbonyl (C=O) groups excluding carboxylic acids is 2. The Bertz CT molecular complexity index is 5840. The molecule has 32 heteroatoms. The molecule has 15 rings (SSSR count). The molecule has 0 atom stereocenters. The predicted octanol–water partition coefficient (Wildman–Crippen LogP) is 14.4. The second kappa shape index (κ2) is 36.6. The summed E-state index contributed by atoms with van der Waals surface area (Å²) < 4.78 is 55.7. The zero-order valence-corrected chi connectivity index (χ0v) is 67.1. The summed E-state index contributed by atoms with van der Waals surface area (Å²) in [6.45, 7) is 14.8. The molecule has 7 aromatic carbocycles. The number of carbonyl (C=O) groups is 2. The smallest absolute Gasteiger partial charge is 0.512 e. The Kier molecular flexibility index (Phi) is 27.3. The monoisotopic (exact) mass is 1690 g/mol. The molecule has 0 bridgehead atoms. The van der Waals surface area contributed by atoms with E-state index in [9.17, 15) is 36.9 Å². The fourth-order valence-electron chi connectivity index (χ4n) is 11.6. The third-order valence-corrected chi connectivity index (χ3v) is 21.6. The number of aryl methyl sites for hydroxylation is 4. The Hall–Kier alpha value is -11.9. The van der Waals surface area contributed by atoms with Crippen molar-refractivity contribution in [3.8, 4) is 12.1 Å². The van der Waals surface area contributed by atoms with Gasteiger partial charge in [-0.15, -0.1) is 0 Å². The fraction of sp³-hybridized carbons (Fsp3) is 0.143. The third kappa shape index (κ3) is 18.9. The van der Waals surface area contributed by atoms with E-state index in [4.69, 9.17) is 52.6 Å². The molecule has 544 valence electrons. The van der Waals surface area contributed by atoms with Crippen molar-refractivity contribution < 1.29 is 45.9 Å². The molecule has 2 aliphatic rings. The quantitative estimate of drug-likeness (QED) is 0.0182. The van der Waals surface area contributed by atoms with Gasteiger partial charge in [0.25, 0.3) is 20.0 Å². The molecule has 7 N–H and O–H groups in total. The van der Waals surface area contributed by atoms with Crippen molar-refractivity contribution in [2.24, 2.45) is 0 Å². The molecule has 0 aliphatic carbocycles. The third-order valence-electron chi connectivity index (χ3n) is 17.1. The van der Waals surface area contributed by atoms with Crippen LogP contribution >= 0.6 is 45.8 Å². The summed E-state index contributed by atoms with van der Waals surface area (Å²) >= 11 is 14.3. The van der Waals surface area contributed by atoms with Gasteiger partial charge in [-0.2, -0.15) is 35.4 Å². The maximum absolute atomic E-state index is 13.2. The number of nitrogen functional groups attached to an aromatic ring is 1. The summed E-state index contributed by atoms with van der Waals surface area (Å²) in [5.74, 6) is 2.09. The zero-order valence-electron chi connectivity index (χ0n) is 58.9. The van der Waals surface area contributed by atoms with Crippen molar-refractivity contribution in [2.45, 2.75) is 69.0 Å². The fourth-order valence-corrected chi connectivity index (χ4v) is 15.6. The number of benzene rings is 7. The number of rotatable bonds is 15. The van der Waals surface area contributed by atoms with Crippen molar-refractivity contribution in [2.75, 3.05) is 50.9 Å². The van der Waals surface area contributed by atoms with Crippen molar-refractivity contribution in [3.05, 3.63) is 272 Å². The number of nitrogens with one attached hydrogen (secondary N) is 5. The first-order valence-electron chi connectivity index (χ1n) is 32.8. The molecule has 6 aromatic heterocycles. The molecule has 109 heavy (non-hydrogen) atoms. The number of H-pyrrole nitrogens is 1. The molecule has 2 aliphatic heterocycles. The second-order valence-corrected chi connectivity index (χ2v) is 29.6. The van der Waals surface area contributed by atoms with Crippen LogP contribution < -0.4 is 36.8 Å². The number of halogens is 3. The summed E-state index contributed by atoms with van der Waals surface area (Å²) in [7, 11) is -4.21. The minimum Gasteiger partial charge on any atom is -0.512 e. The van der Waals surface area contributed by atoms with Crippen LogP contribution in [0.15, 0.2) is 204 Å². The molecule has 26 nitrogen and oxygen atoms in total. The van der Waals surface area contributed by atoms with E-state index in [1.807, 2.05) is 147 Å². The van der Waals surface area contributed by atoms with E-state index in [0.29, 0.717) is 93.2 Å². The van der Waals surface area contributed by atoms with Gasteiger partial charge in [0.2, 0.25) is 28.3 Å². The van der Waals surface area contributed by atoms with Gasteiger partial charge in [0, 0.05) is 91.5 Å². The van der Waals surface area contributed by atoms with Crippen LogP contribution in [0, 0.1) is 63.7 Å². The number of anilines is 8. The number of hydrogen-bond donors (Lipinski definition) is 6. The average molecular weight is 1690 g/mol. The van der Waals surface area contributed by atoms with Crippen LogP contribution in [-0.2, 0) is 81.6 Å². The van der Waals surface area contributed by atoms with E-state index in [-0.39, 0.29) is 68.5 Å². The van der Waals surface area contributed by atoms with Gasteiger partial charge in [-0.05, 0) is 161 Å². The Morgan fingerprint density at radius 1 is 0.532 bits per heavy atom. The van der Waals surface area contributed by atoms with Crippen molar-refractivity contribution in [1.82, 2.24) is 42.8 Å². The number of aromatic amines is 1. The van der Waals surface area contributed by atoms with Gasteiger partial charge in [-0.1, -0.05) is 126 Å². The van der Waals surface area contributed by atoms with Gasteiger partial charge in [-0.3, -0.25) is 9.59 Å². The normalized spacial score (nSPS) is 12.0. The van der Waals surface area contributed by atoms with E-state index in [1.54, 1.807) is 72.7 Å². The van der Waals surface area contributed by atoms with Crippen LogP contribution in [-0.4, -0.2) is 85.6 Å². The summed E-state index contributed by atoms with van der Waals surface area (Å²) in [5.41, 5.74) is 18.0. The summed E-state index contributed by atoms with van der Waals surface area (Å²) in [5, 5.41) is 46.1. The van der Waals surface area contributed by atoms with Gasteiger partial charge in [0.15, 0.2) is 11.3 Å². The Balaban J connectivity index is 0.000000170. The second-order valence-electron chi connectivity index (χ2n) is 24.2. The van der Waals surface area contributed by atoms with Crippen molar-refractivity contribution in [1.29, 1.82) is 21.0 Å². The van der Waals surface area contributed by atoms with E-state index in [1.165, 1.54) is 23.9 Å². The first-order chi connectivity index (χ1) is 52.1. The van der Waals surface area contributed by atoms with E-state index < -0.39 is 20.0 Å². The van der Waals surface area contributed by atoms with Crippen LogP contribution in [0.5, 0.6) is 0 Å². The van der Waals surface area contributed by atoms with Crippen molar-refractivity contribution >= 4 is 157 Å². The largest absolute Gasteiger partial charge is 2.00 e. The van der Waals surface area contributed by atoms with Crippen LogP contribution in [0.2, 0.25) is 10.6 Å². The topological polar surface area (TPSA) is 381 Å². The standard InChI is InChI=1S/C24H21N7O.C21H16ClN5O2S.C20H16ClIN4O2S.C10H12N2O.2CN.Zn/c1-31-19-9-8-18(11-16(19)7-10-20(31)32)28-24-29-22(26-13-15-5-3-2-4-6-15)21-17(12-25)14-27-23(21)30-24;1-14-7-9-17(10-8-14)30(28,29)27-13-16(11-23)18-19(25-21(22)26-20(18)27)24-12-15-5-3-2-4-6-15;1-13-7-9-15(10-8-13)29(27,28)26-12-16(22)17-18(24-20(21)25-19(17)26)23-11-14-5-3-2-4-6-14;1-12-9-4-3-8(11)6-7(9)2-5-10(12)13;2*1-2;/h2-6,8-9,11,14H,7,10,13H2,1H3,(H3,26,27,28,29,30);2-10,13H,12H2,1H3,(H,24,25,26);2-10,12H,11H2,1H3,(H,23,24,25);3-4,6H,2,5,11H2,1H3;;;/q;;;;2*-1;+2. The molecule has 0 saturated heterocycles. The molecule has 0 spiro atoms. The number of nitrogens with zero attached hydrogens (tertiary/aromatic N) is 14. The van der Waals surface area contributed by atoms with Gasteiger partial charge in [0.05, 0.1) is 37.1 Å². The van der Waals surface area contributed by atoms with Gasteiger partial charge >= 0.3 is 19.5 Å². The molecule has 0 fully saturated rings. The van der Waals surface area contributed by atoms with Crippen LogP contribution in [0.1, 0.15) is 62.9 Å². The zero-order chi connectivity index (χ0) is 77.4. The Morgan fingerprint density at radius 3 is 1.42 bits per heavy atom. The minimum absolute atomic E-state index is 0. The maximum Gasteiger partial charge on any atom is 2.00 e. The number of fused-ring (bicyclic) bond motifs is 5. The van der Waals surface area contributed by atoms with Crippen LogP contribution in [0.25, 0.3) is 33.1 Å². The Labute approximate surface area is 665 Å². The number of amides is 2. The first kappa shape index (κ1) is 81.2. The Morgan fingerprint density at radius 2 is 0.954 bits per heavy atom. The number of nitriles is 2. The number of nitrogens with two attached hydrogens (primary N) is 1. The van der Waals surface area contributed by atoms with Crippen LogP contribution in [0.3, 0.4) is 0 Å². The van der Waals surface area contributed by atoms with E-state index in [2.05, 4.69) is 84.8 Å². The van der Waals surface area contributed by atoms with Crippen LogP contribution in [0.4, 0.5) is 46.2 Å². The van der Waals surface area contributed by atoms with Gasteiger partial charge in [-0.25, -0.2) is 29.8 Å². The number of aromatic nitrogens is 9. The van der Waals surface area contributed by atoms with E-state index >= 15 is 0 Å². The molecule has 0 saturated carbocycles. The molecule has 8 heterocycles. The SMILES string of the molecule is CN1C(=O)CCc2cc(N)ccc21.CN1C(=O)CCc2cc(Nc3nc(NCc4ccccc4)c4c(C#N)c[nH]c4n3)ccc21.Cc1ccc(S(=O)(=O)n2cc(C#N)c3c(NCc4ccccc4)nc(Cl)nc32)cc1.Cc1ccc(S(=O)(=O)n2cc(I)c3c(NCc4ccccc4)nc(Cl)nc32)cc1.[C-]#N.[C-]#N.[Zn+2]. The summed E-state index contributed by atoms with van der Waals surface area (Å²) in [4.78, 5) is 56.0. The average Bonchev–Trinajstić information content (AvgIpc) is 1.61. The molecule has 2 amide bonds. The van der Waals surface area contributed by atoms with Gasteiger partial charge < -0.3 is 65.5 Å². The molecule has 0 unspecified atom stereocenters. The molecule has 13 aromatic rings. The predicted molar refractivity (Wildman–Crippen MR) is 424 cm³/mol. The summed E-state index contributed by atoms with van der Waals surface area (Å²) in [6.07, 6.45) is 7.04.